The zero-order valence-electron chi connectivity index (χ0n) is 10.6. The molecular weight excluding hydrogens is 216 g/mol. The lowest BCUT2D eigenvalue weighted by molar-refractivity contribution is 0.339. The monoisotopic (exact) mass is 236 g/mol. The molecule has 1 aromatic rings. The van der Waals surface area contributed by atoms with E-state index in [0.29, 0.717) is 13.2 Å². The van der Waals surface area contributed by atoms with Crippen LogP contribution in [0.25, 0.3) is 0 Å². The highest BCUT2D eigenvalue weighted by molar-refractivity contribution is 5.79. The van der Waals surface area contributed by atoms with Crippen LogP contribution in [0.3, 0.4) is 0 Å². The Bertz CT molecular complexity index is 381. The van der Waals surface area contributed by atoms with Crippen molar-refractivity contribution < 1.29 is 4.74 Å². The van der Waals surface area contributed by atoms with Crippen LogP contribution in [0.2, 0.25) is 0 Å². The summed E-state index contributed by atoms with van der Waals surface area (Å²) in [7, 11) is 1.92. The van der Waals surface area contributed by atoms with Gasteiger partial charge < -0.3 is 15.4 Å². The van der Waals surface area contributed by atoms with Crippen molar-refractivity contribution in [1.29, 1.82) is 5.41 Å². The van der Waals surface area contributed by atoms with E-state index < -0.39 is 0 Å². The summed E-state index contributed by atoms with van der Waals surface area (Å²) in [5.74, 6) is 1.72. The molecule has 0 saturated carbocycles. The van der Waals surface area contributed by atoms with Gasteiger partial charge in [0.15, 0.2) is 11.6 Å². The first-order valence-electron chi connectivity index (χ1n) is 5.69. The molecule has 0 aliphatic rings. The number of ether oxygens (including phenoxy) is 1. The van der Waals surface area contributed by atoms with Crippen molar-refractivity contribution in [3.8, 4) is 5.75 Å². The number of hydrogen-bond acceptors (Lipinski definition) is 4. The number of nitrogens with one attached hydrogen (secondary N) is 1. The Morgan fingerprint density at radius 1 is 1.65 bits per heavy atom. The van der Waals surface area contributed by atoms with Crippen molar-refractivity contribution in [2.24, 2.45) is 11.7 Å². The fourth-order valence-corrected chi connectivity index (χ4v) is 1.53. The van der Waals surface area contributed by atoms with Gasteiger partial charge in [-0.15, -0.1) is 0 Å². The molecule has 0 amide bonds. The Balaban J connectivity index is 2.80. The zero-order valence-corrected chi connectivity index (χ0v) is 10.6. The van der Waals surface area contributed by atoms with Crippen molar-refractivity contribution in [2.45, 2.75) is 13.8 Å². The van der Waals surface area contributed by atoms with Crippen LogP contribution in [0.4, 0.5) is 5.82 Å². The van der Waals surface area contributed by atoms with Crippen LogP contribution in [-0.4, -0.2) is 31.0 Å². The summed E-state index contributed by atoms with van der Waals surface area (Å²) >= 11 is 0. The summed E-state index contributed by atoms with van der Waals surface area (Å²) in [5, 5.41) is 7.39. The number of anilines is 1. The van der Waals surface area contributed by atoms with Gasteiger partial charge in [0.05, 0.1) is 12.4 Å². The highest BCUT2D eigenvalue weighted by atomic mass is 16.5. The lowest BCUT2D eigenvalue weighted by Crippen LogP contribution is -2.32. The normalized spacial score (nSPS) is 11.9. The molecule has 5 heteroatoms. The van der Waals surface area contributed by atoms with Crippen LogP contribution >= 0.6 is 0 Å². The number of nitrogens with two attached hydrogens (primary N) is 1. The van der Waals surface area contributed by atoms with Gasteiger partial charge in [0, 0.05) is 25.7 Å². The predicted molar refractivity (Wildman–Crippen MR) is 69.8 cm³/mol. The van der Waals surface area contributed by atoms with Gasteiger partial charge in [0.1, 0.15) is 0 Å². The fraction of sp³-hybridized carbons (Fsp3) is 0.500. The van der Waals surface area contributed by atoms with Crippen molar-refractivity contribution in [1.82, 2.24) is 4.98 Å². The molecule has 1 atom stereocenters. The van der Waals surface area contributed by atoms with Gasteiger partial charge in [-0.2, -0.15) is 0 Å². The Kier molecular flexibility index (Phi) is 4.75. The highest BCUT2D eigenvalue weighted by Crippen LogP contribution is 2.24. The van der Waals surface area contributed by atoms with Gasteiger partial charge in [-0.1, -0.05) is 6.92 Å². The lowest BCUT2D eigenvalue weighted by Gasteiger charge is -2.23. The molecular formula is C12H20N4O. The van der Waals surface area contributed by atoms with Gasteiger partial charge >= 0.3 is 0 Å². The maximum atomic E-state index is 7.39. The third kappa shape index (κ3) is 3.62. The summed E-state index contributed by atoms with van der Waals surface area (Å²) in [6.07, 6.45) is 1.73. The fourth-order valence-electron chi connectivity index (χ4n) is 1.53. The molecule has 5 nitrogen and oxygen atoms in total. The molecule has 1 unspecified atom stereocenters. The van der Waals surface area contributed by atoms with Crippen LogP contribution in [0, 0.1) is 11.3 Å². The second-order valence-corrected chi connectivity index (χ2v) is 4.00. The SMILES string of the molecule is CCOc1cccnc1N(C)CC(C)C(=N)N. The lowest BCUT2D eigenvalue weighted by atomic mass is 10.1. The van der Waals surface area contributed by atoms with E-state index in [9.17, 15) is 0 Å². The Labute approximate surface area is 102 Å². The first-order chi connectivity index (χ1) is 8.06. The topological polar surface area (TPSA) is 75.2 Å². The molecule has 1 aromatic heterocycles. The molecule has 94 valence electrons. The molecule has 0 radical (unpaired) electrons. The van der Waals surface area contributed by atoms with E-state index in [0.717, 1.165) is 11.6 Å². The molecule has 0 bridgehead atoms. The minimum absolute atomic E-state index is 0.00326. The predicted octanol–water partition coefficient (Wildman–Crippen LogP) is 1.49. The number of amidine groups is 1. The van der Waals surface area contributed by atoms with Crippen molar-refractivity contribution in [3.05, 3.63) is 18.3 Å². The maximum Gasteiger partial charge on any atom is 0.171 e. The van der Waals surface area contributed by atoms with Gasteiger partial charge in [-0.3, -0.25) is 5.41 Å². The molecule has 0 aliphatic heterocycles. The van der Waals surface area contributed by atoms with Crippen molar-refractivity contribution >= 4 is 11.7 Å². The first kappa shape index (κ1) is 13.3. The third-order valence-electron chi connectivity index (χ3n) is 2.49. The smallest absolute Gasteiger partial charge is 0.171 e. The van der Waals surface area contributed by atoms with E-state index >= 15 is 0 Å². The van der Waals surface area contributed by atoms with Crippen molar-refractivity contribution in [2.75, 3.05) is 25.1 Å². The zero-order chi connectivity index (χ0) is 12.8. The molecule has 0 aromatic carbocycles. The van der Waals surface area contributed by atoms with Gasteiger partial charge in [-0.05, 0) is 19.1 Å². The van der Waals surface area contributed by atoms with E-state index in [1.54, 1.807) is 6.20 Å². The van der Waals surface area contributed by atoms with E-state index in [4.69, 9.17) is 15.9 Å². The summed E-state index contributed by atoms with van der Waals surface area (Å²) in [6, 6.07) is 3.73. The molecule has 0 saturated heterocycles. The van der Waals surface area contributed by atoms with E-state index in [1.807, 2.05) is 37.9 Å². The van der Waals surface area contributed by atoms with E-state index in [-0.39, 0.29) is 11.8 Å². The second kappa shape index (κ2) is 6.08. The number of aromatic nitrogens is 1. The van der Waals surface area contributed by atoms with Crippen LogP contribution in [0.15, 0.2) is 18.3 Å². The Morgan fingerprint density at radius 3 is 2.94 bits per heavy atom. The molecule has 1 heterocycles. The average molecular weight is 236 g/mol. The molecule has 3 N–H and O–H groups in total. The Morgan fingerprint density at radius 2 is 2.35 bits per heavy atom. The molecule has 0 fully saturated rings. The second-order valence-electron chi connectivity index (χ2n) is 4.00. The van der Waals surface area contributed by atoms with Gasteiger partial charge in [0.25, 0.3) is 0 Å². The van der Waals surface area contributed by atoms with Crippen LogP contribution in [0.5, 0.6) is 5.75 Å². The molecule has 0 aliphatic carbocycles. The number of nitrogens with zero attached hydrogens (tertiary/aromatic N) is 2. The maximum absolute atomic E-state index is 7.39. The van der Waals surface area contributed by atoms with Crippen molar-refractivity contribution in [3.63, 3.8) is 0 Å². The van der Waals surface area contributed by atoms with Gasteiger partial charge in [-0.25, -0.2) is 4.98 Å². The van der Waals surface area contributed by atoms with E-state index in [1.165, 1.54) is 0 Å². The van der Waals surface area contributed by atoms with Crippen LogP contribution in [-0.2, 0) is 0 Å². The highest BCUT2D eigenvalue weighted by Gasteiger charge is 2.14. The minimum Gasteiger partial charge on any atom is -0.490 e. The Hall–Kier alpha value is -1.78. The largest absolute Gasteiger partial charge is 0.490 e. The summed E-state index contributed by atoms with van der Waals surface area (Å²) < 4.78 is 5.51. The molecule has 0 spiro atoms. The van der Waals surface area contributed by atoms with Crippen LogP contribution < -0.4 is 15.4 Å². The molecule has 1 rings (SSSR count). The van der Waals surface area contributed by atoms with Gasteiger partial charge in [0.2, 0.25) is 0 Å². The summed E-state index contributed by atoms with van der Waals surface area (Å²) in [5.41, 5.74) is 5.46. The first-order valence-corrected chi connectivity index (χ1v) is 5.69. The number of pyridine rings is 1. The molecule has 17 heavy (non-hydrogen) atoms. The minimum atomic E-state index is -0.00326. The quantitative estimate of drug-likeness (QED) is 0.579. The summed E-state index contributed by atoms with van der Waals surface area (Å²) in [4.78, 5) is 6.25. The third-order valence-corrected chi connectivity index (χ3v) is 2.49. The standard InChI is InChI=1S/C12H20N4O/c1-4-17-10-6-5-7-15-12(10)16(3)8-9(2)11(13)14/h5-7,9H,4,8H2,1-3H3,(H3,13,14). The number of rotatable bonds is 6. The number of hydrogen-bond donors (Lipinski definition) is 2. The van der Waals surface area contributed by atoms with Crippen LogP contribution in [0.1, 0.15) is 13.8 Å². The van der Waals surface area contributed by atoms with E-state index in [2.05, 4.69) is 4.98 Å². The average Bonchev–Trinajstić information content (AvgIpc) is 2.29. The summed E-state index contributed by atoms with van der Waals surface area (Å²) in [6.45, 7) is 5.11.